The molecular formula is C17H22O. The van der Waals surface area contributed by atoms with Gasteiger partial charge in [0.1, 0.15) is 0 Å². The van der Waals surface area contributed by atoms with Crippen LogP contribution in [-0.4, -0.2) is 5.78 Å². The number of aryl methyl sites for hydroxylation is 1. The number of ketones is 1. The van der Waals surface area contributed by atoms with E-state index in [1.165, 1.54) is 24.0 Å². The van der Waals surface area contributed by atoms with Gasteiger partial charge in [0, 0.05) is 6.42 Å². The van der Waals surface area contributed by atoms with E-state index in [2.05, 4.69) is 37.3 Å². The molecule has 0 atom stereocenters. The second kappa shape index (κ2) is 6.53. The van der Waals surface area contributed by atoms with Crippen LogP contribution in [0.2, 0.25) is 0 Å². The Kier molecular flexibility index (Phi) is 4.74. The lowest BCUT2D eigenvalue weighted by atomic mass is 9.92. The second-order valence-electron chi connectivity index (χ2n) is 5.15. The van der Waals surface area contributed by atoms with Gasteiger partial charge in [-0.25, -0.2) is 0 Å². The molecule has 2 rings (SSSR count). The highest BCUT2D eigenvalue weighted by molar-refractivity contribution is 6.00. The van der Waals surface area contributed by atoms with Crippen LogP contribution in [-0.2, 0) is 11.2 Å². The van der Waals surface area contributed by atoms with E-state index in [9.17, 15) is 4.79 Å². The molecule has 0 unspecified atom stereocenters. The molecule has 18 heavy (non-hydrogen) atoms. The first kappa shape index (κ1) is 13.1. The molecular weight excluding hydrogens is 220 g/mol. The lowest BCUT2D eigenvalue weighted by Gasteiger charge is -2.12. The summed E-state index contributed by atoms with van der Waals surface area (Å²) in [4.78, 5) is 11.8. The van der Waals surface area contributed by atoms with Gasteiger partial charge >= 0.3 is 0 Å². The predicted octanol–water partition coefficient (Wildman–Crippen LogP) is 4.56. The van der Waals surface area contributed by atoms with Gasteiger partial charge in [0.25, 0.3) is 0 Å². The lowest BCUT2D eigenvalue weighted by molar-refractivity contribution is -0.116. The summed E-state index contributed by atoms with van der Waals surface area (Å²) < 4.78 is 0. The molecule has 0 heterocycles. The van der Waals surface area contributed by atoms with Crippen molar-refractivity contribution in [2.24, 2.45) is 0 Å². The van der Waals surface area contributed by atoms with Gasteiger partial charge in [0.2, 0.25) is 0 Å². The average molecular weight is 242 g/mol. The zero-order chi connectivity index (χ0) is 12.8. The standard InChI is InChI=1S/C17H22O/c1-2-3-7-14-8-6-9-15(12-14)13-16-10-4-5-11-17(16)18/h6,8-9,12-13H,2-5,7,10-11H2,1H3. The van der Waals surface area contributed by atoms with Crippen molar-refractivity contribution in [3.05, 3.63) is 41.0 Å². The number of carbonyl (C=O) groups excluding carboxylic acids is 1. The Morgan fingerprint density at radius 3 is 2.83 bits per heavy atom. The molecule has 0 aliphatic heterocycles. The molecule has 1 aromatic rings. The smallest absolute Gasteiger partial charge is 0.158 e. The van der Waals surface area contributed by atoms with E-state index < -0.39 is 0 Å². The van der Waals surface area contributed by atoms with Crippen LogP contribution in [0.1, 0.15) is 56.6 Å². The fourth-order valence-electron chi connectivity index (χ4n) is 2.47. The number of benzene rings is 1. The van der Waals surface area contributed by atoms with Crippen molar-refractivity contribution in [1.82, 2.24) is 0 Å². The van der Waals surface area contributed by atoms with E-state index in [0.717, 1.165) is 37.7 Å². The second-order valence-corrected chi connectivity index (χ2v) is 5.15. The van der Waals surface area contributed by atoms with E-state index in [0.29, 0.717) is 5.78 Å². The van der Waals surface area contributed by atoms with Crippen LogP contribution < -0.4 is 0 Å². The minimum Gasteiger partial charge on any atom is -0.295 e. The van der Waals surface area contributed by atoms with Crippen molar-refractivity contribution < 1.29 is 4.79 Å². The number of hydrogen-bond acceptors (Lipinski definition) is 1. The molecule has 1 saturated carbocycles. The van der Waals surface area contributed by atoms with Crippen molar-refractivity contribution in [2.45, 2.75) is 51.9 Å². The Labute approximate surface area is 110 Å². The Bertz CT molecular complexity index is 443. The molecule has 0 saturated heterocycles. The summed E-state index contributed by atoms with van der Waals surface area (Å²) in [6.45, 7) is 2.21. The number of hydrogen-bond donors (Lipinski definition) is 0. The van der Waals surface area contributed by atoms with Crippen LogP contribution in [0.15, 0.2) is 29.8 Å². The van der Waals surface area contributed by atoms with Crippen molar-refractivity contribution in [1.29, 1.82) is 0 Å². The normalized spacial score (nSPS) is 18.3. The van der Waals surface area contributed by atoms with Gasteiger partial charge in [-0.2, -0.15) is 0 Å². The number of allylic oxidation sites excluding steroid dienone is 1. The minimum atomic E-state index is 0.347. The van der Waals surface area contributed by atoms with E-state index >= 15 is 0 Å². The highest BCUT2D eigenvalue weighted by Gasteiger charge is 2.14. The van der Waals surface area contributed by atoms with Crippen molar-refractivity contribution in [3.63, 3.8) is 0 Å². The van der Waals surface area contributed by atoms with Crippen molar-refractivity contribution in [2.75, 3.05) is 0 Å². The predicted molar refractivity (Wildman–Crippen MR) is 76.5 cm³/mol. The van der Waals surface area contributed by atoms with Crippen LogP contribution >= 0.6 is 0 Å². The highest BCUT2D eigenvalue weighted by Crippen LogP contribution is 2.22. The molecule has 0 aromatic heterocycles. The van der Waals surface area contributed by atoms with E-state index in [1.54, 1.807) is 0 Å². The third-order valence-electron chi connectivity index (χ3n) is 3.57. The van der Waals surface area contributed by atoms with Gasteiger partial charge < -0.3 is 0 Å². The van der Waals surface area contributed by atoms with Gasteiger partial charge in [0.05, 0.1) is 0 Å². The summed E-state index contributed by atoms with van der Waals surface area (Å²) >= 11 is 0. The topological polar surface area (TPSA) is 17.1 Å². The van der Waals surface area contributed by atoms with Crippen LogP contribution in [0.3, 0.4) is 0 Å². The first-order chi connectivity index (χ1) is 8.79. The molecule has 96 valence electrons. The fourth-order valence-corrected chi connectivity index (χ4v) is 2.47. The SMILES string of the molecule is CCCCc1cccc(C=C2CCCCC2=O)c1. The number of rotatable bonds is 4. The van der Waals surface area contributed by atoms with E-state index in [-0.39, 0.29) is 0 Å². The molecule has 0 bridgehead atoms. The molecule has 1 aliphatic carbocycles. The third-order valence-corrected chi connectivity index (χ3v) is 3.57. The number of unbranched alkanes of at least 4 members (excludes halogenated alkanes) is 1. The largest absolute Gasteiger partial charge is 0.295 e. The van der Waals surface area contributed by atoms with Gasteiger partial charge in [0.15, 0.2) is 5.78 Å². The molecule has 0 N–H and O–H groups in total. The molecule has 1 nitrogen and oxygen atoms in total. The summed E-state index contributed by atoms with van der Waals surface area (Å²) in [6.07, 6.45) is 9.61. The van der Waals surface area contributed by atoms with Gasteiger partial charge in [-0.1, -0.05) is 37.6 Å². The minimum absolute atomic E-state index is 0.347. The molecule has 1 fully saturated rings. The Morgan fingerprint density at radius 1 is 1.22 bits per heavy atom. The quantitative estimate of drug-likeness (QED) is 0.708. The Morgan fingerprint density at radius 2 is 2.06 bits per heavy atom. The van der Waals surface area contributed by atoms with Crippen LogP contribution in [0.25, 0.3) is 6.08 Å². The summed E-state index contributed by atoms with van der Waals surface area (Å²) in [6, 6.07) is 8.61. The fraction of sp³-hybridized carbons (Fsp3) is 0.471. The Hall–Kier alpha value is -1.37. The first-order valence-corrected chi connectivity index (χ1v) is 7.12. The zero-order valence-electron chi connectivity index (χ0n) is 11.2. The lowest BCUT2D eigenvalue weighted by Crippen LogP contribution is -2.07. The summed E-state index contributed by atoms with van der Waals surface area (Å²) in [5.41, 5.74) is 3.59. The first-order valence-electron chi connectivity index (χ1n) is 7.12. The van der Waals surface area contributed by atoms with Crippen LogP contribution in [0, 0.1) is 0 Å². The average Bonchev–Trinajstić information content (AvgIpc) is 2.40. The maximum absolute atomic E-state index is 11.8. The Balaban J connectivity index is 2.12. The molecule has 1 aromatic carbocycles. The molecule has 0 amide bonds. The van der Waals surface area contributed by atoms with Gasteiger partial charge in [-0.15, -0.1) is 0 Å². The van der Waals surface area contributed by atoms with Crippen LogP contribution in [0.5, 0.6) is 0 Å². The molecule has 1 heteroatoms. The number of carbonyl (C=O) groups is 1. The summed E-state index contributed by atoms with van der Waals surface area (Å²) in [7, 11) is 0. The van der Waals surface area contributed by atoms with E-state index in [4.69, 9.17) is 0 Å². The van der Waals surface area contributed by atoms with Crippen molar-refractivity contribution in [3.8, 4) is 0 Å². The van der Waals surface area contributed by atoms with Gasteiger partial charge in [-0.3, -0.25) is 4.79 Å². The number of Topliss-reactive ketones (excluding diaryl/α,β-unsaturated/α-hetero) is 1. The monoisotopic (exact) mass is 242 g/mol. The zero-order valence-corrected chi connectivity index (χ0v) is 11.2. The summed E-state index contributed by atoms with van der Waals surface area (Å²) in [5.74, 6) is 0.347. The highest BCUT2D eigenvalue weighted by atomic mass is 16.1. The van der Waals surface area contributed by atoms with Gasteiger partial charge in [-0.05, 0) is 54.9 Å². The van der Waals surface area contributed by atoms with E-state index in [1.807, 2.05) is 0 Å². The molecule has 0 radical (unpaired) electrons. The third kappa shape index (κ3) is 3.56. The maximum Gasteiger partial charge on any atom is 0.158 e. The molecule has 1 aliphatic rings. The van der Waals surface area contributed by atoms with Crippen molar-refractivity contribution >= 4 is 11.9 Å². The maximum atomic E-state index is 11.8. The summed E-state index contributed by atoms with van der Waals surface area (Å²) in [5, 5.41) is 0. The molecule has 0 spiro atoms. The van der Waals surface area contributed by atoms with Crippen LogP contribution in [0.4, 0.5) is 0 Å².